The quantitative estimate of drug-likeness (QED) is 0.462. The van der Waals surface area contributed by atoms with Gasteiger partial charge in [-0.05, 0) is 42.8 Å². The Kier molecular flexibility index (Phi) is 4.45. The Morgan fingerprint density at radius 3 is 2.58 bits per heavy atom. The van der Waals surface area contributed by atoms with Gasteiger partial charge in [-0.15, -0.1) is 11.3 Å². The Morgan fingerprint density at radius 1 is 1.04 bits per heavy atom. The summed E-state index contributed by atoms with van der Waals surface area (Å²) in [5, 5.41) is 3.84. The van der Waals surface area contributed by atoms with Crippen molar-refractivity contribution in [3.05, 3.63) is 82.2 Å². The number of amides is 1. The van der Waals surface area contributed by atoms with Crippen molar-refractivity contribution in [3.63, 3.8) is 0 Å². The van der Waals surface area contributed by atoms with E-state index in [0.29, 0.717) is 9.90 Å². The van der Waals surface area contributed by atoms with Gasteiger partial charge >= 0.3 is 0 Å². The summed E-state index contributed by atoms with van der Waals surface area (Å²) in [5.74, 6) is -0.151. The number of rotatable bonds is 3. The molecule has 0 radical (unpaired) electrons. The SMILES string of the molecule is Cc1ccccc1NC(=O)c1cc(-c2ccc(Cl)s2)nc2ccccc12. The number of aromatic nitrogens is 1. The van der Waals surface area contributed by atoms with E-state index in [1.165, 1.54) is 11.3 Å². The number of fused-ring (bicyclic) bond motifs is 1. The molecule has 1 N–H and O–H groups in total. The first-order valence-electron chi connectivity index (χ1n) is 8.14. The standard InChI is InChI=1S/C21H15ClN2OS/c1-13-6-2-4-8-16(13)24-21(25)15-12-18(19-10-11-20(22)26-19)23-17-9-5-3-7-14(15)17/h2-12H,1H3,(H,24,25). The maximum atomic E-state index is 13.0. The van der Waals surface area contributed by atoms with Gasteiger partial charge in [0.2, 0.25) is 0 Å². The summed E-state index contributed by atoms with van der Waals surface area (Å²) < 4.78 is 0.695. The van der Waals surface area contributed by atoms with E-state index in [9.17, 15) is 4.79 Å². The molecule has 0 atom stereocenters. The summed E-state index contributed by atoms with van der Waals surface area (Å²) in [6, 6.07) is 21.0. The van der Waals surface area contributed by atoms with E-state index in [4.69, 9.17) is 16.6 Å². The number of nitrogens with one attached hydrogen (secondary N) is 1. The number of anilines is 1. The number of aryl methyl sites for hydroxylation is 1. The highest BCUT2D eigenvalue weighted by Gasteiger charge is 2.15. The molecular formula is C21H15ClN2OS. The lowest BCUT2D eigenvalue weighted by molar-refractivity contribution is 0.102. The van der Waals surface area contributed by atoms with Crippen LogP contribution in [0.5, 0.6) is 0 Å². The molecule has 0 saturated heterocycles. The van der Waals surface area contributed by atoms with E-state index in [-0.39, 0.29) is 5.91 Å². The lowest BCUT2D eigenvalue weighted by atomic mass is 10.1. The Balaban J connectivity index is 1.82. The highest BCUT2D eigenvalue weighted by atomic mass is 35.5. The van der Waals surface area contributed by atoms with Crippen LogP contribution in [0.3, 0.4) is 0 Å². The molecule has 4 aromatic rings. The van der Waals surface area contributed by atoms with Crippen LogP contribution in [-0.4, -0.2) is 10.9 Å². The molecule has 5 heteroatoms. The van der Waals surface area contributed by atoms with E-state index < -0.39 is 0 Å². The molecule has 2 heterocycles. The Bertz CT molecular complexity index is 1120. The second-order valence-electron chi connectivity index (χ2n) is 5.95. The summed E-state index contributed by atoms with van der Waals surface area (Å²) in [6.45, 7) is 1.97. The van der Waals surface area contributed by atoms with Crippen molar-refractivity contribution in [3.8, 4) is 10.6 Å². The zero-order chi connectivity index (χ0) is 18.1. The first-order chi connectivity index (χ1) is 12.6. The normalized spacial score (nSPS) is 10.8. The number of benzene rings is 2. The monoisotopic (exact) mass is 378 g/mol. The molecule has 2 aromatic carbocycles. The van der Waals surface area contributed by atoms with Gasteiger partial charge in [0.1, 0.15) is 0 Å². The third-order valence-electron chi connectivity index (χ3n) is 4.18. The van der Waals surface area contributed by atoms with Gasteiger partial charge < -0.3 is 5.32 Å². The van der Waals surface area contributed by atoms with Gasteiger partial charge in [-0.1, -0.05) is 48.0 Å². The molecule has 0 aliphatic carbocycles. The fraction of sp³-hybridized carbons (Fsp3) is 0.0476. The van der Waals surface area contributed by atoms with E-state index in [1.807, 2.05) is 73.7 Å². The predicted molar refractivity (Wildman–Crippen MR) is 109 cm³/mol. The molecule has 0 bridgehead atoms. The van der Waals surface area contributed by atoms with Gasteiger partial charge in [-0.2, -0.15) is 0 Å². The van der Waals surface area contributed by atoms with Crippen molar-refractivity contribution in [2.45, 2.75) is 6.92 Å². The predicted octanol–water partition coefficient (Wildman–Crippen LogP) is 6.18. The van der Waals surface area contributed by atoms with Crippen molar-refractivity contribution in [2.75, 3.05) is 5.32 Å². The molecule has 4 rings (SSSR count). The van der Waals surface area contributed by atoms with Crippen LogP contribution < -0.4 is 5.32 Å². The molecule has 3 nitrogen and oxygen atoms in total. The highest BCUT2D eigenvalue weighted by Crippen LogP contribution is 2.32. The fourth-order valence-corrected chi connectivity index (χ4v) is 3.85. The fourth-order valence-electron chi connectivity index (χ4n) is 2.84. The van der Waals surface area contributed by atoms with E-state index in [0.717, 1.165) is 32.7 Å². The molecule has 0 aliphatic heterocycles. The molecule has 26 heavy (non-hydrogen) atoms. The Hall–Kier alpha value is -2.69. The minimum absolute atomic E-state index is 0.151. The maximum Gasteiger partial charge on any atom is 0.256 e. The molecule has 0 spiro atoms. The van der Waals surface area contributed by atoms with E-state index in [1.54, 1.807) is 0 Å². The average molecular weight is 379 g/mol. The zero-order valence-electron chi connectivity index (χ0n) is 14.0. The molecule has 0 aliphatic rings. The van der Waals surface area contributed by atoms with Crippen molar-refractivity contribution >= 4 is 45.4 Å². The molecular weight excluding hydrogens is 364 g/mol. The lowest BCUT2D eigenvalue weighted by Crippen LogP contribution is -2.13. The summed E-state index contributed by atoms with van der Waals surface area (Å²) in [7, 11) is 0. The number of halogens is 1. The molecule has 0 unspecified atom stereocenters. The molecule has 1 amide bonds. The molecule has 0 saturated carbocycles. The molecule has 128 valence electrons. The number of nitrogens with zero attached hydrogens (tertiary/aromatic N) is 1. The third kappa shape index (κ3) is 3.21. The second kappa shape index (κ2) is 6.90. The second-order valence-corrected chi connectivity index (χ2v) is 7.66. The summed E-state index contributed by atoms with van der Waals surface area (Å²) in [6.07, 6.45) is 0. The van der Waals surface area contributed by atoms with Crippen molar-refractivity contribution in [2.24, 2.45) is 0 Å². The summed E-state index contributed by atoms with van der Waals surface area (Å²) >= 11 is 7.51. The number of carbonyl (C=O) groups excluding carboxylic acids is 1. The number of para-hydroxylation sites is 2. The van der Waals surface area contributed by atoms with Crippen LogP contribution in [0, 0.1) is 6.92 Å². The highest BCUT2D eigenvalue weighted by molar-refractivity contribution is 7.19. The third-order valence-corrected chi connectivity index (χ3v) is 5.43. The first kappa shape index (κ1) is 16.8. The number of pyridine rings is 1. The van der Waals surface area contributed by atoms with Crippen LogP contribution in [0.15, 0.2) is 66.7 Å². The topological polar surface area (TPSA) is 42.0 Å². The van der Waals surface area contributed by atoms with E-state index >= 15 is 0 Å². The Labute approximate surface area is 160 Å². The number of carbonyl (C=O) groups is 1. The van der Waals surface area contributed by atoms with Gasteiger partial charge in [-0.3, -0.25) is 4.79 Å². The lowest BCUT2D eigenvalue weighted by Gasteiger charge is -2.11. The van der Waals surface area contributed by atoms with Gasteiger partial charge in [0.05, 0.1) is 26.0 Å². The largest absolute Gasteiger partial charge is 0.322 e. The van der Waals surface area contributed by atoms with Crippen LogP contribution in [0.2, 0.25) is 4.34 Å². The Morgan fingerprint density at radius 2 is 1.81 bits per heavy atom. The van der Waals surface area contributed by atoms with Crippen LogP contribution in [0.1, 0.15) is 15.9 Å². The minimum atomic E-state index is -0.151. The molecule has 0 fully saturated rings. The number of thiophene rings is 1. The van der Waals surface area contributed by atoms with Crippen LogP contribution in [0.25, 0.3) is 21.5 Å². The summed E-state index contributed by atoms with van der Waals surface area (Å²) in [4.78, 5) is 18.6. The van der Waals surface area contributed by atoms with E-state index in [2.05, 4.69) is 5.32 Å². The van der Waals surface area contributed by atoms with Gasteiger partial charge in [-0.25, -0.2) is 4.98 Å². The van der Waals surface area contributed by atoms with Gasteiger partial charge in [0.25, 0.3) is 5.91 Å². The van der Waals surface area contributed by atoms with Crippen molar-refractivity contribution in [1.29, 1.82) is 0 Å². The smallest absolute Gasteiger partial charge is 0.256 e. The summed E-state index contributed by atoms with van der Waals surface area (Å²) in [5.41, 5.74) is 3.95. The van der Waals surface area contributed by atoms with Gasteiger partial charge in [0, 0.05) is 11.1 Å². The van der Waals surface area contributed by atoms with Crippen LogP contribution in [-0.2, 0) is 0 Å². The minimum Gasteiger partial charge on any atom is -0.322 e. The van der Waals surface area contributed by atoms with Gasteiger partial charge in [0.15, 0.2) is 0 Å². The number of hydrogen-bond acceptors (Lipinski definition) is 3. The molecule has 2 aromatic heterocycles. The zero-order valence-corrected chi connectivity index (χ0v) is 15.6. The van der Waals surface area contributed by atoms with Crippen molar-refractivity contribution < 1.29 is 4.79 Å². The average Bonchev–Trinajstić information content (AvgIpc) is 3.09. The van der Waals surface area contributed by atoms with Crippen LogP contribution in [0.4, 0.5) is 5.69 Å². The first-order valence-corrected chi connectivity index (χ1v) is 9.34. The van der Waals surface area contributed by atoms with Crippen molar-refractivity contribution in [1.82, 2.24) is 4.98 Å². The van der Waals surface area contributed by atoms with Crippen LogP contribution >= 0.6 is 22.9 Å². The maximum absolute atomic E-state index is 13.0. The number of hydrogen-bond donors (Lipinski definition) is 1.